The number of fused-ring (bicyclic) bond motifs is 1. The van der Waals surface area contributed by atoms with Gasteiger partial charge in [-0.1, -0.05) is 18.2 Å². The molecule has 0 aliphatic carbocycles. The summed E-state index contributed by atoms with van der Waals surface area (Å²) in [7, 11) is 1.24. The molecule has 2 aromatic carbocycles. The highest BCUT2D eigenvalue weighted by Gasteiger charge is 2.27. The Hall–Kier alpha value is -3.48. The molecule has 0 spiro atoms. The van der Waals surface area contributed by atoms with Crippen molar-refractivity contribution in [3.8, 4) is 11.1 Å². The van der Waals surface area contributed by atoms with Crippen LogP contribution in [0.3, 0.4) is 0 Å². The summed E-state index contributed by atoms with van der Waals surface area (Å²) in [6.07, 6.45) is 0. The lowest BCUT2D eigenvalue weighted by atomic mass is 10.00. The number of ketones is 1. The number of benzene rings is 2. The van der Waals surface area contributed by atoms with Crippen molar-refractivity contribution < 1.29 is 23.9 Å². The number of methoxy groups -OCH3 is 1. The smallest absolute Gasteiger partial charge is 0.325 e. The highest BCUT2D eigenvalue weighted by atomic mass is 16.5. The number of anilines is 1. The lowest BCUT2D eigenvalue weighted by Crippen LogP contribution is -2.30. The van der Waals surface area contributed by atoms with Gasteiger partial charge in [0.15, 0.2) is 0 Å². The molecule has 0 fully saturated rings. The van der Waals surface area contributed by atoms with E-state index in [2.05, 4.69) is 15.4 Å². The van der Waals surface area contributed by atoms with Crippen LogP contribution in [0.2, 0.25) is 0 Å². The van der Waals surface area contributed by atoms with Crippen LogP contribution >= 0.6 is 0 Å². The summed E-state index contributed by atoms with van der Waals surface area (Å²) in [5.74, 6) is -2.12. The van der Waals surface area contributed by atoms with Gasteiger partial charge < -0.3 is 15.4 Å². The number of hydrogen-bond acceptors (Lipinski definition) is 5. The summed E-state index contributed by atoms with van der Waals surface area (Å²) in [6.45, 7) is -0.203. The van der Waals surface area contributed by atoms with Crippen molar-refractivity contribution in [2.75, 3.05) is 19.0 Å². The fourth-order valence-electron chi connectivity index (χ4n) is 2.46. The summed E-state index contributed by atoms with van der Waals surface area (Å²) in [5.41, 5.74) is 2.77. The van der Waals surface area contributed by atoms with Crippen LogP contribution in [0, 0.1) is 0 Å². The van der Waals surface area contributed by atoms with Crippen molar-refractivity contribution in [1.29, 1.82) is 0 Å². The van der Waals surface area contributed by atoms with E-state index in [0.29, 0.717) is 16.8 Å². The maximum atomic E-state index is 11.9. The minimum Gasteiger partial charge on any atom is -0.468 e. The van der Waals surface area contributed by atoms with Gasteiger partial charge in [-0.2, -0.15) is 0 Å². The molecular formula is C18H14N2O5. The Labute approximate surface area is 143 Å². The Balaban J connectivity index is 1.77. The molecule has 0 saturated carbocycles. The predicted octanol–water partition coefficient (Wildman–Crippen LogP) is 1.39. The van der Waals surface area contributed by atoms with E-state index in [1.54, 1.807) is 42.5 Å². The zero-order chi connectivity index (χ0) is 18.0. The van der Waals surface area contributed by atoms with Gasteiger partial charge in [-0.15, -0.1) is 0 Å². The molecule has 126 valence electrons. The van der Waals surface area contributed by atoms with Gasteiger partial charge in [0.05, 0.1) is 18.4 Å². The average Bonchev–Trinajstić information content (AvgIpc) is 2.93. The lowest BCUT2D eigenvalue weighted by molar-refractivity contribution is -0.139. The number of hydrogen-bond donors (Lipinski definition) is 2. The largest absolute Gasteiger partial charge is 0.468 e. The second-order valence-electron chi connectivity index (χ2n) is 5.38. The van der Waals surface area contributed by atoms with Crippen LogP contribution in [0.5, 0.6) is 0 Å². The van der Waals surface area contributed by atoms with Gasteiger partial charge in [0, 0.05) is 5.56 Å². The van der Waals surface area contributed by atoms with Gasteiger partial charge in [0.1, 0.15) is 6.54 Å². The molecule has 0 aromatic heterocycles. The van der Waals surface area contributed by atoms with Crippen molar-refractivity contribution in [2.24, 2.45) is 0 Å². The molecule has 2 amide bonds. The molecule has 3 rings (SSSR count). The van der Waals surface area contributed by atoms with E-state index in [9.17, 15) is 19.2 Å². The van der Waals surface area contributed by atoms with Crippen molar-refractivity contribution in [3.05, 3.63) is 53.6 Å². The lowest BCUT2D eigenvalue weighted by Gasteiger charge is -2.07. The summed E-state index contributed by atoms with van der Waals surface area (Å²) in [4.78, 5) is 46.1. The zero-order valence-electron chi connectivity index (χ0n) is 13.3. The average molecular weight is 338 g/mol. The Kier molecular flexibility index (Phi) is 4.30. The molecule has 2 aromatic rings. The van der Waals surface area contributed by atoms with E-state index in [1.807, 2.05) is 0 Å². The Morgan fingerprint density at radius 2 is 1.72 bits per heavy atom. The SMILES string of the molecule is COC(=O)CNC(=O)c1ccc(-c2ccc3c(c2)C(=O)C(=O)N3)cc1. The third kappa shape index (κ3) is 3.25. The quantitative estimate of drug-likeness (QED) is 0.648. The maximum Gasteiger partial charge on any atom is 0.325 e. The summed E-state index contributed by atoms with van der Waals surface area (Å²) < 4.78 is 4.46. The molecule has 0 radical (unpaired) electrons. The Bertz CT molecular complexity index is 887. The third-order valence-electron chi connectivity index (χ3n) is 3.82. The van der Waals surface area contributed by atoms with Gasteiger partial charge >= 0.3 is 5.97 Å². The van der Waals surface area contributed by atoms with Gasteiger partial charge in [-0.3, -0.25) is 19.2 Å². The molecule has 7 heteroatoms. The standard InChI is InChI=1S/C18H14N2O5/c1-25-15(21)9-19-17(23)11-4-2-10(3-5-11)12-6-7-14-13(8-12)16(22)18(24)20-14/h2-8H,9H2,1H3,(H,19,23)(H,20,22,24). The van der Waals surface area contributed by atoms with Gasteiger partial charge in [-0.25, -0.2) is 0 Å². The molecule has 1 heterocycles. The molecule has 0 atom stereocenters. The van der Waals surface area contributed by atoms with Crippen molar-refractivity contribution in [2.45, 2.75) is 0 Å². The van der Waals surface area contributed by atoms with Crippen LogP contribution in [0.25, 0.3) is 11.1 Å². The first-order valence-corrected chi connectivity index (χ1v) is 7.45. The maximum absolute atomic E-state index is 11.9. The molecular weight excluding hydrogens is 324 g/mol. The molecule has 1 aliphatic rings. The highest BCUT2D eigenvalue weighted by Crippen LogP contribution is 2.29. The first-order chi connectivity index (χ1) is 12.0. The highest BCUT2D eigenvalue weighted by molar-refractivity contribution is 6.51. The number of amides is 2. The predicted molar refractivity (Wildman–Crippen MR) is 89.2 cm³/mol. The van der Waals surface area contributed by atoms with E-state index >= 15 is 0 Å². The van der Waals surface area contributed by atoms with E-state index in [4.69, 9.17) is 0 Å². The van der Waals surface area contributed by atoms with Crippen molar-refractivity contribution in [3.63, 3.8) is 0 Å². The molecule has 0 saturated heterocycles. The number of ether oxygens (including phenoxy) is 1. The van der Waals surface area contributed by atoms with Crippen LogP contribution in [-0.4, -0.2) is 37.2 Å². The summed E-state index contributed by atoms with van der Waals surface area (Å²) in [5, 5.41) is 4.95. The van der Waals surface area contributed by atoms with Crippen LogP contribution in [0.4, 0.5) is 5.69 Å². The number of nitrogens with one attached hydrogen (secondary N) is 2. The molecule has 7 nitrogen and oxygen atoms in total. The molecule has 0 unspecified atom stereocenters. The molecule has 25 heavy (non-hydrogen) atoms. The minimum absolute atomic E-state index is 0.203. The third-order valence-corrected chi connectivity index (χ3v) is 3.82. The number of rotatable bonds is 4. The number of carbonyl (C=O) groups is 4. The van der Waals surface area contributed by atoms with E-state index in [1.165, 1.54) is 7.11 Å². The van der Waals surface area contributed by atoms with E-state index in [-0.39, 0.29) is 6.54 Å². The molecule has 0 bridgehead atoms. The van der Waals surface area contributed by atoms with Gasteiger partial charge in [0.2, 0.25) is 0 Å². The fraction of sp³-hybridized carbons (Fsp3) is 0.111. The monoisotopic (exact) mass is 338 g/mol. The Morgan fingerprint density at radius 1 is 1.04 bits per heavy atom. The Morgan fingerprint density at radius 3 is 2.40 bits per heavy atom. The summed E-state index contributed by atoms with van der Waals surface area (Å²) >= 11 is 0. The van der Waals surface area contributed by atoms with Crippen LogP contribution in [0.15, 0.2) is 42.5 Å². The van der Waals surface area contributed by atoms with E-state index < -0.39 is 23.6 Å². The minimum atomic E-state index is -0.634. The van der Waals surface area contributed by atoms with E-state index in [0.717, 1.165) is 11.1 Å². The normalized spacial score (nSPS) is 12.4. The number of carbonyl (C=O) groups excluding carboxylic acids is 4. The van der Waals surface area contributed by atoms with Crippen LogP contribution in [-0.2, 0) is 14.3 Å². The topological polar surface area (TPSA) is 102 Å². The van der Waals surface area contributed by atoms with Gasteiger partial charge in [-0.05, 0) is 35.4 Å². The van der Waals surface area contributed by atoms with Crippen LogP contribution in [0.1, 0.15) is 20.7 Å². The molecule has 2 N–H and O–H groups in total. The van der Waals surface area contributed by atoms with Crippen LogP contribution < -0.4 is 10.6 Å². The zero-order valence-corrected chi connectivity index (χ0v) is 13.3. The number of esters is 1. The second kappa shape index (κ2) is 6.56. The number of Topliss-reactive ketones (excluding diaryl/α,β-unsaturated/α-hetero) is 1. The van der Waals surface area contributed by atoms with Crippen molar-refractivity contribution >= 4 is 29.3 Å². The van der Waals surface area contributed by atoms with Gasteiger partial charge in [0.25, 0.3) is 17.6 Å². The molecule has 1 aliphatic heterocycles. The second-order valence-corrected chi connectivity index (χ2v) is 5.38. The fourth-order valence-corrected chi connectivity index (χ4v) is 2.46. The first-order valence-electron chi connectivity index (χ1n) is 7.45. The summed E-state index contributed by atoms with van der Waals surface area (Å²) in [6, 6.07) is 11.8. The first kappa shape index (κ1) is 16.4. The van der Waals surface area contributed by atoms with Crippen molar-refractivity contribution in [1.82, 2.24) is 5.32 Å².